The highest BCUT2D eigenvalue weighted by Crippen LogP contribution is 2.09. The molecule has 0 unspecified atom stereocenters. The lowest BCUT2D eigenvalue weighted by Gasteiger charge is -2.19. The summed E-state index contributed by atoms with van der Waals surface area (Å²) in [5, 5.41) is 0.370. The van der Waals surface area contributed by atoms with Crippen molar-refractivity contribution in [3.8, 4) is 0 Å². The van der Waals surface area contributed by atoms with Crippen LogP contribution in [-0.2, 0) is 35.8 Å². The number of aromatic nitrogens is 1. The number of hydroxylamine groups is 2. The normalized spacial score (nSPS) is 11.0. The predicted molar refractivity (Wildman–Crippen MR) is 97.9 cm³/mol. The van der Waals surface area contributed by atoms with Crippen LogP contribution in [0.1, 0.15) is 17.7 Å². The number of sulfonamides is 1. The van der Waals surface area contributed by atoms with E-state index in [2.05, 4.69) is 4.98 Å². The van der Waals surface area contributed by atoms with Crippen molar-refractivity contribution in [1.82, 2.24) is 14.8 Å². The van der Waals surface area contributed by atoms with Gasteiger partial charge in [-0.25, -0.2) is 19.2 Å². The second-order valence-electron chi connectivity index (χ2n) is 5.89. The molecule has 0 aliphatic rings. The van der Waals surface area contributed by atoms with Gasteiger partial charge in [0.25, 0.3) is 15.9 Å². The highest BCUT2D eigenvalue weighted by Gasteiger charge is 2.27. The van der Waals surface area contributed by atoms with Crippen LogP contribution in [0.4, 0.5) is 4.39 Å². The highest BCUT2D eigenvalue weighted by molar-refractivity contribution is 7.90. The van der Waals surface area contributed by atoms with Crippen molar-refractivity contribution in [2.45, 2.75) is 24.9 Å². The lowest BCUT2D eigenvalue weighted by atomic mass is 10.2. The van der Waals surface area contributed by atoms with E-state index in [1.54, 1.807) is 17.7 Å². The van der Waals surface area contributed by atoms with E-state index in [1.165, 1.54) is 37.4 Å². The summed E-state index contributed by atoms with van der Waals surface area (Å²) < 4.78 is 38.8. The van der Waals surface area contributed by atoms with E-state index in [1.807, 2.05) is 0 Å². The summed E-state index contributed by atoms with van der Waals surface area (Å²) in [6, 6.07) is 9.37. The number of amides is 2. The lowest BCUT2D eigenvalue weighted by Crippen LogP contribution is -2.39. The standard InChI is InChI=1S/C18H18FN3O6S/c1-12-4-3-5-16(20-12)29(26,27)21-18(25)15(23)10-17(24)22(28-2)11-13-6-8-14(19)9-7-13/h3-9H,10-11H2,1-2H3,(H,21,25). The first-order valence-corrected chi connectivity index (χ1v) is 9.73. The largest absolute Gasteiger partial charge is 0.301 e. The maximum Gasteiger partial charge on any atom is 0.301 e. The molecule has 2 amide bonds. The van der Waals surface area contributed by atoms with Gasteiger partial charge in [-0.3, -0.25) is 19.2 Å². The van der Waals surface area contributed by atoms with Gasteiger partial charge in [-0.1, -0.05) is 18.2 Å². The molecule has 1 N–H and O–H groups in total. The Morgan fingerprint density at radius 3 is 2.38 bits per heavy atom. The number of rotatable bonds is 8. The molecule has 0 saturated carbocycles. The Kier molecular flexibility index (Phi) is 7.13. The minimum absolute atomic E-state index is 0.101. The number of hydrogen-bond donors (Lipinski definition) is 1. The molecule has 0 saturated heterocycles. The van der Waals surface area contributed by atoms with Crippen molar-refractivity contribution < 1.29 is 32.0 Å². The predicted octanol–water partition coefficient (Wildman–Crippen LogP) is 0.883. The molecule has 0 aliphatic heterocycles. The number of halogens is 1. The fraction of sp³-hybridized carbons (Fsp3) is 0.222. The van der Waals surface area contributed by atoms with E-state index in [9.17, 15) is 27.2 Å². The first-order valence-electron chi connectivity index (χ1n) is 8.25. The summed E-state index contributed by atoms with van der Waals surface area (Å²) in [5.74, 6) is -4.07. The van der Waals surface area contributed by atoms with Gasteiger partial charge in [-0.2, -0.15) is 8.42 Å². The maximum absolute atomic E-state index is 13.0. The number of benzene rings is 1. The average molecular weight is 423 g/mol. The number of nitrogens with one attached hydrogen (secondary N) is 1. The van der Waals surface area contributed by atoms with Gasteiger partial charge < -0.3 is 0 Å². The van der Waals surface area contributed by atoms with E-state index < -0.39 is 44.9 Å². The summed E-state index contributed by atoms with van der Waals surface area (Å²) >= 11 is 0. The highest BCUT2D eigenvalue weighted by atomic mass is 32.2. The number of ketones is 1. The van der Waals surface area contributed by atoms with Crippen LogP contribution in [-0.4, -0.2) is 43.2 Å². The van der Waals surface area contributed by atoms with Crippen LogP contribution in [0.2, 0.25) is 0 Å². The van der Waals surface area contributed by atoms with Gasteiger partial charge in [-0.15, -0.1) is 0 Å². The molecule has 1 aromatic carbocycles. The molecule has 1 heterocycles. The SMILES string of the molecule is CON(Cc1ccc(F)cc1)C(=O)CC(=O)C(=O)NS(=O)(=O)c1cccc(C)n1. The first kappa shape index (κ1) is 22.1. The molecule has 0 aliphatic carbocycles. The van der Waals surface area contributed by atoms with Crippen LogP contribution in [0.15, 0.2) is 47.5 Å². The second-order valence-corrected chi connectivity index (χ2v) is 7.52. The van der Waals surface area contributed by atoms with Crippen LogP contribution in [0, 0.1) is 12.7 Å². The quantitative estimate of drug-likeness (QED) is 0.380. The minimum atomic E-state index is -4.36. The maximum atomic E-state index is 13.0. The Labute approximate surface area is 166 Å². The number of carbonyl (C=O) groups is 3. The van der Waals surface area contributed by atoms with Crippen molar-refractivity contribution in [3.05, 3.63) is 59.5 Å². The number of nitrogens with zero attached hydrogens (tertiary/aromatic N) is 2. The van der Waals surface area contributed by atoms with Crippen molar-refractivity contribution in [2.24, 2.45) is 0 Å². The first-order chi connectivity index (χ1) is 13.6. The third-order valence-electron chi connectivity index (χ3n) is 3.67. The molecule has 0 spiro atoms. The van der Waals surface area contributed by atoms with Crippen LogP contribution >= 0.6 is 0 Å². The second kappa shape index (κ2) is 9.34. The number of aryl methyl sites for hydroxylation is 1. The third kappa shape index (κ3) is 6.16. The van der Waals surface area contributed by atoms with Gasteiger partial charge in [0.1, 0.15) is 5.82 Å². The molecule has 2 rings (SSSR count). The molecule has 0 fully saturated rings. The number of hydrogen-bond acceptors (Lipinski definition) is 7. The fourth-order valence-electron chi connectivity index (χ4n) is 2.21. The Bertz CT molecular complexity index is 1020. The zero-order valence-electron chi connectivity index (χ0n) is 15.6. The Hall–Kier alpha value is -3.18. The van der Waals surface area contributed by atoms with Crippen molar-refractivity contribution in [1.29, 1.82) is 0 Å². The smallest absolute Gasteiger partial charge is 0.288 e. The van der Waals surface area contributed by atoms with E-state index in [-0.39, 0.29) is 6.54 Å². The lowest BCUT2D eigenvalue weighted by molar-refractivity contribution is -0.180. The molecule has 9 nitrogen and oxygen atoms in total. The Balaban J connectivity index is 2.00. The van der Waals surface area contributed by atoms with Gasteiger partial charge in [0.2, 0.25) is 5.78 Å². The van der Waals surface area contributed by atoms with Crippen LogP contribution < -0.4 is 4.72 Å². The molecule has 0 atom stereocenters. The summed E-state index contributed by atoms with van der Waals surface area (Å²) in [4.78, 5) is 44.8. The van der Waals surface area contributed by atoms with Gasteiger partial charge in [0.15, 0.2) is 5.03 Å². The molecule has 1 aromatic heterocycles. The summed E-state index contributed by atoms with van der Waals surface area (Å²) in [7, 11) is -3.18. The molecule has 154 valence electrons. The van der Waals surface area contributed by atoms with E-state index in [0.717, 1.165) is 11.1 Å². The molecule has 11 heteroatoms. The van der Waals surface area contributed by atoms with Crippen LogP contribution in [0.25, 0.3) is 0 Å². The van der Waals surface area contributed by atoms with E-state index in [0.29, 0.717) is 11.3 Å². The minimum Gasteiger partial charge on any atom is -0.288 e. The van der Waals surface area contributed by atoms with Gasteiger partial charge >= 0.3 is 5.91 Å². The van der Waals surface area contributed by atoms with Crippen molar-refractivity contribution in [3.63, 3.8) is 0 Å². The topological polar surface area (TPSA) is 123 Å². The number of Topliss-reactive ketones (excluding diaryl/α,β-unsaturated/α-hetero) is 1. The molecule has 0 radical (unpaired) electrons. The van der Waals surface area contributed by atoms with Crippen LogP contribution in [0.5, 0.6) is 0 Å². The molecular formula is C18H18FN3O6S. The summed E-state index contributed by atoms with van der Waals surface area (Å²) in [5.41, 5.74) is 0.921. The third-order valence-corrected chi connectivity index (χ3v) is 4.90. The number of carbonyl (C=O) groups excluding carboxylic acids is 3. The van der Waals surface area contributed by atoms with Gasteiger partial charge in [0, 0.05) is 5.69 Å². The number of pyridine rings is 1. The zero-order valence-corrected chi connectivity index (χ0v) is 16.4. The molecule has 0 bridgehead atoms. The monoisotopic (exact) mass is 423 g/mol. The van der Waals surface area contributed by atoms with Crippen molar-refractivity contribution >= 4 is 27.6 Å². The Morgan fingerprint density at radius 2 is 1.79 bits per heavy atom. The fourth-order valence-corrected chi connectivity index (χ4v) is 3.20. The van der Waals surface area contributed by atoms with Crippen LogP contribution in [0.3, 0.4) is 0 Å². The molecule has 2 aromatic rings. The van der Waals surface area contributed by atoms with E-state index >= 15 is 0 Å². The molecular weight excluding hydrogens is 405 g/mol. The molecule has 29 heavy (non-hydrogen) atoms. The summed E-state index contributed by atoms with van der Waals surface area (Å²) in [6.07, 6.45) is -0.919. The Morgan fingerprint density at radius 1 is 1.14 bits per heavy atom. The zero-order chi connectivity index (χ0) is 21.6. The van der Waals surface area contributed by atoms with Crippen molar-refractivity contribution in [2.75, 3.05) is 7.11 Å². The summed E-state index contributed by atoms with van der Waals surface area (Å²) in [6.45, 7) is 1.46. The van der Waals surface area contributed by atoms with E-state index in [4.69, 9.17) is 4.84 Å². The average Bonchev–Trinajstić information content (AvgIpc) is 2.67. The van der Waals surface area contributed by atoms with Gasteiger partial charge in [-0.05, 0) is 36.8 Å². The van der Waals surface area contributed by atoms with Gasteiger partial charge in [0.05, 0.1) is 20.1 Å².